The van der Waals surface area contributed by atoms with Crippen molar-refractivity contribution in [2.45, 2.75) is 49.9 Å². The molecule has 0 radical (unpaired) electrons. The Bertz CT molecular complexity index is 2270. The third-order valence-corrected chi connectivity index (χ3v) is 11.0. The Morgan fingerprint density at radius 3 is 1.47 bits per heavy atom. The summed E-state index contributed by atoms with van der Waals surface area (Å²) < 4.78 is 9.63. The lowest BCUT2D eigenvalue weighted by atomic mass is 10.1. The molecule has 306 valence electrons. The maximum atomic E-state index is 13.9. The van der Waals surface area contributed by atoms with Gasteiger partial charge in [-0.1, -0.05) is 84.9 Å². The monoisotopic (exact) mass is 808 g/mol. The maximum absolute atomic E-state index is 13.9. The molecular formula is C44H44N10O6. The van der Waals surface area contributed by atoms with Gasteiger partial charge in [-0.15, -0.1) is 0 Å². The van der Waals surface area contributed by atoms with Crippen LogP contribution in [-0.4, -0.2) is 91.0 Å². The third kappa shape index (κ3) is 8.30. The summed E-state index contributed by atoms with van der Waals surface area (Å²) in [5, 5.41) is 5.39. The van der Waals surface area contributed by atoms with Crippen LogP contribution in [0.3, 0.4) is 0 Å². The van der Waals surface area contributed by atoms with Crippen LogP contribution in [0.5, 0.6) is 0 Å². The number of hydrogen-bond acceptors (Lipinski definition) is 10. The molecule has 2 fully saturated rings. The number of benzene rings is 3. The summed E-state index contributed by atoms with van der Waals surface area (Å²) in [6, 6.07) is 23.6. The molecule has 16 nitrogen and oxygen atoms in total. The lowest BCUT2D eigenvalue weighted by Crippen LogP contribution is -2.42. The number of methoxy groups -OCH3 is 2. The highest BCUT2D eigenvalue weighted by Gasteiger charge is 2.38. The molecule has 5 heterocycles. The zero-order valence-corrected chi connectivity index (χ0v) is 33.1. The van der Waals surface area contributed by atoms with E-state index in [1.54, 1.807) is 58.9 Å². The van der Waals surface area contributed by atoms with Gasteiger partial charge in [-0.3, -0.25) is 9.59 Å². The van der Waals surface area contributed by atoms with Crippen molar-refractivity contribution in [1.82, 2.24) is 50.3 Å². The number of carbonyl (C=O) groups is 4. The first-order valence-electron chi connectivity index (χ1n) is 19.7. The standard InChI is InChI=1S/C44H44N10O6/c1-59-43(57)51-36(28-11-5-3-6-12-28)41(55)53-21-9-15-34(53)39-47-25-32(49-39)27-17-19-30(20-18-27)38-45-23-31(24-46-38)33-26-48-40(50-33)35-16-10-22-54(35)42(56)37(52-44(58)60-2)29-13-7-4-8-14-29/h3-8,11-14,17-20,23-26,34-37H,9-10,15-16,21-22H2,1-2H3,(H,47,49)(H,48,50)(H,51,57)(H,52,58)/t34-,35-,36-,37-/m1/s1. The predicted molar refractivity (Wildman–Crippen MR) is 219 cm³/mol. The first kappa shape index (κ1) is 39.5. The minimum Gasteiger partial charge on any atom is -0.453 e. The molecular weight excluding hydrogens is 765 g/mol. The third-order valence-electron chi connectivity index (χ3n) is 11.0. The molecule has 4 amide bonds. The van der Waals surface area contributed by atoms with Gasteiger partial charge >= 0.3 is 12.2 Å². The zero-order valence-electron chi connectivity index (χ0n) is 33.1. The van der Waals surface area contributed by atoms with Crippen LogP contribution in [0.25, 0.3) is 33.9 Å². The van der Waals surface area contributed by atoms with Gasteiger partial charge in [-0.05, 0) is 42.4 Å². The molecule has 4 N–H and O–H groups in total. The lowest BCUT2D eigenvalue weighted by molar-refractivity contribution is -0.135. The summed E-state index contributed by atoms with van der Waals surface area (Å²) in [5.74, 6) is 1.38. The predicted octanol–water partition coefficient (Wildman–Crippen LogP) is 6.45. The van der Waals surface area contributed by atoms with Crippen LogP contribution in [0, 0.1) is 0 Å². The Hall–Kier alpha value is -7.36. The fourth-order valence-electron chi connectivity index (χ4n) is 7.90. The van der Waals surface area contributed by atoms with Gasteiger partial charge in [0.25, 0.3) is 11.8 Å². The Labute approximate surface area is 345 Å². The van der Waals surface area contributed by atoms with Gasteiger partial charge in [0.15, 0.2) is 5.82 Å². The van der Waals surface area contributed by atoms with E-state index in [0.29, 0.717) is 53.8 Å². The molecule has 2 aliphatic rings. The fourth-order valence-corrected chi connectivity index (χ4v) is 7.90. The molecule has 60 heavy (non-hydrogen) atoms. The molecule has 0 saturated carbocycles. The Morgan fingerprint density at radius 2 is 1.02 bits per heavy atom. The molecule has 0 bridgehead atoms. The van der Waals surface area contributed by atoms with Crippen LogP contribution in [0.15, 0.2) is 110 Å². The van der Waals surface area contributed by atoms with Crippen molar-refractivity contribution in [2.75, 3.05) is 27.3 Å². The van der Waals surface area contributed by atoms with Crippen LogP contribution < -0.4 is 10.6 Å². The number of H-pyrrole nitrogens is 2. The molecule has 0 spiro atoms. The van der Waals surface area contributed by atoms with Crippen molar-refractivity contribution in [3.05, 3.63) is 132 Å². The van der Waals surface area contributed by atoms with Gasteiger partial charge in [0.05, 0.1) is 50.1 Å². The molecule has 8 rings (SSSR count). The summed E-state index contributed by atoms with van der Waals surface area (Å²) in [6.07, 6.45) is 8.61. The number of carbonyl (C=O) groups excluding carboxylic acids is 4. The summed E-state index contributed by atoms with van der Waals surface area (Å²) >= 11 is 0. The summed E-state index contributed by atoms with van der Waals surface area (Å²) in [6.45, 7) is 1.06. The van der Waals surface area contributed by atoms with Gasteiger partial charge in [0.2, 0.25) is 0 Å². The molecule has 3 aromatic carbocycles. The van der Waals surface area contributed by atoms with Crippen molar-refractivity contribution < 1.29 is 28.7 Å². The first-order chi connectivity index (χ1) is 29.3. The number of likely N-dealkylation sites (tertiary alicyclic amines) is 2. The number of imidazole rings is 2. The average Bonchev–Trinajstić information content (AvgIpc) is 4.15. The topological polar surface area (TPSA) is 200 Å². The van der Waals surface area contributed by atoms with E-state index in [0.717, 1.165) is 41.6 Å². The van der Waals surface area contributed by atoms with Crippen LogP contribution in [-0.2, 0) is 19.1 Å². The number of aromatic nitrogens is 6. The number of nitrogens with zero attached hydrogens (tertiary/aromatic N) is 6. The molecule has 0 unspecified atom stereocenters. The fraction of sp³-hybridized carbons (Fsp3) is 0.273. The van der Waals surface area contributed by atoms with Crippen molar-refractivity contribution in [2.24, 2.45) is 0 Å². The number of nitrogens with one attached hydrogen (secondary N) is 4. The van der Waals surface area contributed by atoms with Gasteiger partial charge in [-0.25, -0.2) is 29.5 Å². The average molecular weight is 809 g/mol. The van der Waals surface area contributed by atoms with E-state index >= 15 is 0 Å². The molecule has 0 aliphatic carbocycles. The van der Waals surface area contributed by atoms with Crippen molar-refractivity contribution >= 4 is 24.0 Å². The summed E-state index contributed by atoms with van der Waals surface area (Å²) in [4.78, 5) is 81.1. The summed E-state index contributed by atoms with van der Waals surface area (Å²) in [7, 11) is 2.54. The zero-order chi connectivity index (χ0) is 41.6. The molecule has 2 aliphatic heterocycles. The Balaban J connectivity index is 0.928. The van der Waals surface area contributed by atoms with Crippen LogP contribution >= 0.6 is 0 Å². The van der Waals surface area contributed by atoms with Crippen molar-refractivity contribution in [3.8, 4) is 33.9 Å². The first-order valence-corrected chi connectivity index (χ1v) is 19.7. The Kier molecular flexibility index (Phi) is 11.6. The van der Waals surface area contributed by atoms with E-state index in [1.807, 2.05) is 60.7 Å². The van der Waals surface area contributed by atoms with Gasteiger partial charge in [-0.2, -0.15) is 0 Å². The quantitative estimate of drug-likeness (QED) is 0.113. The molecule has 2 saturated heterocycles. The van der Waals surface area contributed by atoms with Gasteiger partial charge < -0.3 is 39.9 Å². The molecule has 16 heteroatoms. The van der Waals surface area contributed by atoms with E-state index in [4.69, 9.17) is 9.47 Å². The van der Waals surface area contributed by atoms with E-state index < -0.39 is 24.3 Å². The van der Waals surface area contributed by atoms with Crippen LogP contribution in [0.4, 0.5) is 9.59 Å². The highest BCUT2D eigenvalue weighted by molar-refractivity contribution is 5.88. The number of amides is 4. The second kappa shape index (κ2) is 17.6. The van der Waals surface area contributed by atoms with Crippen LogP contribution in [0.2, 0.25) is 0 Å². The lowest BCUT2D eigenvalue weighted by Gasteiger charge is -2.28. The van der Waals surface area contributed by atoms with Gasteiger partial charge in [0.1, 0.15) is 23.7 Å². The van der Waals surface area contributed by atoms with Gasteiger partial charge in [0, 0.05) is 36.6 Å². The van der Waals surface area contributed by atoms with E-state index in [2.05, 4.69) is 40.5 Å². The van der Waals surface area contributed by atoms with Crippen molar-refractivity contribution in [3.63, 3.8) is 0 Å². The normalized spacial score (nSPS) is 17.2. The van der Waals surface area contributed by atoms with E-state index in [-0.39, 0.29) is 23.9 Å². The smallest absolute Gasteiger partial charge is 0.407 e. The number of rotatable bonds is 11. The highest BCUT2D eigenvalue weighted by atomic mass is 16.5. The van der Waals surface area contributed by atoms with Crippen molar-refractivity contribution in [1.29, 1.82) is 0 Å². The van der Waals surface area contributed by atoms with Crippen LogP contribution in [0.1, 0.15) is 72.6 Å². The maximum Gasteiger partial charge on any atom is 0.407 e. The van der Waals surface area contributed by atoms with E-state index in [1.165, 1.54) is 14.2 Å². The molecule has 3 aromatic heterocycles. The SMILES string of the molecule is COC(=O)N[C@@H](C(=O)N1CCC[C@@H]1c1ncc(-c2ccc(-c3ncc(-c4cnc([C@H]5CCCN5C(=O)[C@H](NC(=O)OC)c5ccccc5)[nH]4)cn3)cc2)[nH]1)c1ccccc1. The minimum atomic E-state index is -0.904. The minimum absolute atomic E-state index is 0.230. The largest absolute Gasteiger partial charge is 0.453 e. The second-order valence-electron chi connectivity index (χ2n) is 14.6. The highest BCUT2D eigenvalue weighted by Crippen LogP contribution is 2.36. The number of alkyl carbamates (subject to hydrolysis) is 2. The number of aromatic amines is 2. The summed E-state index contributed by atoms with van der Waals surface area (Å²) in [5.41, 5.74) is 5.30. The number of hydrogen-bond donors (Lipinski definition) is 4. The molecule has 4 atom stereocenters. The second-order valence-corrected chi connectivity index (χ2v) is 14.6. The Morgan fingerprint density at radius 1 is 0.583 bits per heavy atom. The number of ether oxygens (including phenoxy) is 2. The molecule has 6 aromatic rings. The van der Waals surface area contributed by atoms with E-state index in [9.17, 15) is 19.2 Å².